The molecule has 1 heterocycles. The number of nitrogens with zero attached hydrogens (tertiary/aromatic N) is 3. The first-order valence-corrected chi connectivity index (χ1v) is 9.99. The molecule has 1 aliphatic heterocycles. The van der Waals surface area contributed by atoms with Crippen molar-refractivity contribution in [3.05, 3.63) is 59.4 Å². The molecule has 0 N–H and O–H groups in total. The van der Waals surface area contributed by atoms with Gasteiger partial charge in [0, 0.05) is 31.0 Å². The Morgan fingerprint density at radius 2 is 1.94 bits per heavy atom. The minimum Gasteiger partial charge on any atom is -0.497 e. The molecule has 0 unspecified atom stereocenters. The van der Waals surface area contributed by atoms with E-state index in [1.807, 2.05) is 0 Å². The van der Waals surface area contributed by atoms with Gasteiger partial charge < -0.3 is 14.4 Å². The summed E-state index contributed by atoms with van der Waals surface area (Å²) >= 11 is 0. The van der Waals surface area contributed by atoms with Crippen molar-refractivity contribution in [2.45, 2.75) is 25.8 Å². The maximum atomic E-state index is 14.4. The average molecular weight is 427 g/mol. The molecule has 1 aliphatic rings. The highest BCUT2D eigenvalue weighted by atomic mass is 19.1. The molecule has 0 bridgehead atoms. The molecule has 1 atom stereocenters. The van der Waals surface area contributed by atoms with Crippen molar-refractivity contribution in [2.75, 3.05) is 27.8 Å². The van der Waals surface area contributed by atoms with Crippen LogP contribution >= 0.6 is 0 Å². The molecule has 0 radical (unpaired) electrons. The van der Waals surface area contributed by atoms with Crippen LogP contribution < -0.4 is 9.47 Å². The number of benzene rings is 2. The Kier molecular flexibility index (Phi) is 6.89. The van der Waals surface area contributed by atoms with Crippen molar-refractivity contribution < 1.29 is 23.5 Å². The van der Waals surface area contributed by atoms with Gasteiger partial charge in [-0.05, 0) is 24.3 Å². The second-order valence-corrected chi connectivity index (χ2v) is 7.20. The Balaban J connectivity index is 2.02. The molecular weight excluding hydrogens is 401 g/mol. The monoisotopic (exact) mass is 427 g/mol. The van der Waals surface area contributed by atoms with Gasteiger partial charge in [0.2, 0.25) is 5.91 Å². The molecule has 0 aromatic heterocycles. The Hall–Kier alpha value is -3.42. The Labute approximate surface area is 181 Å². The van der Waals surface area contributed by atoms with Gasteiger partial charge in [0.15, 0.2) is 0 Å². The Morgan fingerprint density at radius 1 is 1.19 bits per heavy atom. The van der Waals surface area contributed by atoms with Crippen LogP contribution in [0, 0.1) is 5.82 Å². The number of hydrogen-bond acceptors (Lipinski definition) is 5. The molecule has 8 heteroatoms. The number of carbonyl (C=O) groups excluding carboxylic acids is 2. The minimum atomic E-state index is -0.530. The summed E-state index contributed by atoms with van der Waals surface area (Å²) in [6.07, 6.45) is 0.586. The number of ether oxygens (including phenoxy) is 2. The third-order valence-electron chi connectivity index (χ3n) is 5.25. The number of likely N-dealkylation sites (N-methyl/N-ethyl adjacent to an activating group) is 1. The van der Waals surface area contributed by atoms with E-state index >= 15 is 0 Å². The highest BCUT2D eigenvalue weighted by Gasteiger charge is 2.36. The summed E-state index contributed by atoms with van der Waals surface area (Å²) in [5.74, 6) is 0.226. The van der Waals surface area contributed by atoms with Crippen LogP contribution in [0.4, 0.5) is 4.39 Å². The number of hydrogen-bond donors (Lipinski definition) is 0. The highest BCUT2D eigenvalue weighted by molar-refractivity contribution is 6.03. The number of hydrazone groups is 1. The average Bonchev–Trinajstić information content (AvgIpc) is 3.23. The fraction of sp³-hybridized carbons (Fsp3) is 0.348. The molecule has 0 saturated carbocycles. The van der Waals surface area contributed by atoms with E-state index in [0.717, 1.165) is 0 Å². The largest absolute Gasteiger partial charge is 0.497 e. The van der Waals surface area contributed by atoms with Crippen LogP contribution in [0.2, 0.25) is 0 Å². The molecule has 31 heavy (non-hydrogen) atoms. The zero-order valence-electron chi connectivity index (χ0n) is 18.1. The maximum Gasteiger partial charge on any atom is 0.262 e. The lowest BCUT2D eigenvalue weighted by molar-refractivity contribution is -0.140. The Morgan fingerprint density at radius 3 is 2.58 bits per heavy atom. The number of amides is 2. The molecule has 2 aromatic rings. The molecule has 2 amide bonds. The van der Waals surface area contributed by atoms with E-state index in [0.29, 0.717) is 41.2 Å². The predicted molar refractivity (Wildman–Crippen MR) is 115 cm³/mol. The van der Waals surface area contributed by atoms with Crippen molar-refractivity contribution in [1.82, 2.24) is 9.91 Å². The summed E-state index contributed by atoms with van der Waals surface area (Å²) in [7, 11) is 4.66. The van der Waals surface area contributed by atoms with Crippen LogP contribution in [0.3, 0.4) is 0 Å². The van der Waals surface area contributed by atoms with Crippen molar-refractivity contribution in [3.63, 3.8) is 0 Å². The summed E-state index contributed by atoms with van der Waals surface area (Å²) < 4.78 is 25.3. The molecule has 7 nitrogen and oxygen atoms in total. The third-order valence-corrected chi connectivity index (χ3v) is 5.25. The molecule has 0 fully saturated rings. The second kappa shape index (κ2) is 9.59. The summed E-state index contributed by atoms with van der Waals surface area (Å²) in [5, 5.41) is 5.79. The van der Waals surface area contributed by atoms with E-state index in [1.54, 1.807) is 64.6 Å². The number of rotatable bonds is 7. The predicted octanol–water partition coefficient (Wildman–Crippen LogP) is 3.39. The summed E-state index contributed by atoms with van der Waals surface area (Å²) in [5.41, 5.74) is 1.48. The first-order chi connectivity index (χ1) is 14.9. The van der Waals surface area contributed by atoms with Gasteiger partial charge in [0.25, 0.3) is 5.91 Å². The lowest BCUT2D eigenvalue weighted by Gasteiger charge is -2.26. The second-order valence-electron chi connectivity index (χ2n) is 7.20. The van der Waals surface area contributed by atoms with E-state index < -0.39 is 11.9 Å². The summed E-state index contributed by atoms with van der Waals surface area (Å²) in [6, 6.07) is 11.1. The van der Waals surface area contributed by atoms with Crippen molar-refractivity contribution in [2.24, 2.45) is 5.10 Å². The SMILES string of the molecule is CCC(=O)N(C)CC(=O)N1N=C(c2ccccc2F)C[C@H]1c1cc(OC)ccc1OC. The van der Waals surface area contributed by atoms with Gasteiger partial charge >= 0.3 is 0 Å². The quantitative estimate of drug-likeness (QED) is 0.679. The van der Waals surface area contributed by atoms with Crippen LogP contribution in [-0.4, -0.2) is 55.2 Å². The standard InChI is InChI=1S/C23H26FN3O4/c1-5-22(28)26(2)14-23(29)27-20(17-12-15(30-3)10-11-21(17)31-4)13-19(25-27)16-8-6-7-9-18(16)24/h6-12,20H,5,13-14H2,1-4H3/t20-/m0/s1. The molecule has 0 saturated heterocycles. The zero-order valence-corrected chi connectivity index (χ0v) is 18.1. The van der Waals surface area contributed by atoms with Crippen molar-refractivity contribution in [3.8, 4) is 11.5 Å². The van der Waals surface area contributed by atoms with Crippen molar-refractivity contribution in [1.29, 1.82) is 0 Å². The van der Waals surface area contributed by atoms with Crippen LogP contribution in [0.1, 0.15) is 36.9 Å². The molecule has 0 spiro atoms. The van der Waals surface area contributed by atoms with E-state index in [2.05, 4.69) is 5.10 Å². The smallest absolute Gasteiger partial charge is 0.262 e. The Bertz CT molecular complexity index is 1010. The minimum absolute atomic E-state index is 0.135. The molecule has 0 aliphatic carbocycles. The van der Waals surface area contributed by atoms with Gasteiger partial charge in [-0.2, -0.15) is 5.10 Å². The normalized spacial score (nSPS) is 15.5. The number of halogens is 1. The molecule has 164 valence electrons. The van der Waals surface area contributed by atoms with E-state index in [-0.39, 0.29) is 18.4 Å². The van der Waals surface area contributed by atoms with Gasteiger partial charge in [0.05, 0.1) is 26.0 Å². The van der Waals surface area contributed by atoms with Crippen LogP contribution in [-0.2, 0) is 9.59 Å². The topological polar surface area (TPSA) is 71.4 Å². The summed E-state index contributed by atoms with van der Waals surface area (Å²) in [4.78, 5) is 26.5. The maximum absolute atomic E-state index is 14.4. The van der Waals surface area contributed by atoms with E-state index in [4.69, 9.17) is 9.47 Å². The van der Waals surface area contributed by atoms with Crippen molar-refractivity contribution >= 4 is 17.5 Å². The summed E-state index contributed by atoms with van der Waals surface area (Å²) in [6.45, 7) is 1.60. The fourth-order valence-corrected chi connectivity index (χ4v) is 3.57. The van der Waals surface area contributed by atoms with Gasteiger partial charge in [-0.3, -0.25) is 9.59 Å². The molecular formula is C23H26FN3O4. The fourth-order valence-electron chi connectivity index (χ4n) is 3.57. The zero-order chi connectivity index (χ0) is 22.5. The highest BCUT2D eigenvalue weighted by Crippen LogP contribution is 2.39. The van der Waals surface area contributed by atoms with Crippen LogP contribution in [0.25, 0.3) is 0 Å². The molecule has 2 aromatic carbocycles. The van der Waals surface area contributed by atoms with Gasteiger partial charge in [0.1, 0.15) is 23.9 Å². The lowest BCUT2D eigenvalue weighted by atomic mass is 9.97. The van der Waals surface area contributed by atoms with Gasteiger partial charge in [-0.25, -0.2) is 9.40 Å². The number of carbonyl (C=O) groups is 2. The first-order valence-electron chi connectivity index (χ1n) is 9.99. The van der Waals surface area contributed by atoms with Gasteiger partial charge in [-0.1, -0.05) is 25.1 Å². The number of methoxy groups -OCH3 is 2. The van der Waals surface area contributed by atoms with Crippen LogP contribution in [0.5, 0.6) is 11.5 Å². The van der Waals surface area contributed by atoms with E-state index in [9.17, 15) is 14.0 Å². The van der Waals surface area contributed by atoms with E-state index in [1.165, 1.54) is 16.0 Å². The van der Waals surface area contributed by atoms with Crippen LogP contribution in [0.15, 0.2) is 47.6 Å². The third kappa shape index (κ3) is 4.68. The first kappa shape index (κ1) is 22.3. The van der Waals surface area contributed by atoms with Gasteiger partial charge in [-0.15, -0.1) is 0 Å². The lowest BCUT2D eigenvalue weighted by Crippen LogP contribution is -2.39. The molecule has 3 rings (SSSR count).